The van der Waals surface area contributed by atoms with E-state index in [1.54, 1.807) is 20.8 Å². The quantitative estimate of drug-likeness (QED) is 0.575. The van der Waals surface area contributed by atoms with Gasteiger partial charge in [-0.25, -0.2) is 4.79 Å². The van der Waals surface area contributed by atoms with Crippen molar-refractivity contribution in [2.24, 2.45) is 11.3 Å². The van der Waals surface area contributed by atoms with E-state index in [0.29, 0.717) is 0 Å². The summed E-state index contributed by atoms with van der Waals surface area (Å²) >= 11 is 0. The number of rotatable bonds is 0. The molecule has 0 aliphatic carbocycles. The van der Waals surface area contributed by atoms with Crippen LogP contribution < -0.4 is 0 Å². The molecule has 4 atom stereocenters. The van der Waals surface area contributed by atoms with Crippen LogP contribution in [0.5, 0.6) is 0 Å². The standard InChI is InChI=1S/C11H18O5/c1-6-5-15-11(14)7(6)16-8(12)10(11,13)9(2,3)4/h6-7,13-14H,5H2,1-4H3. The van der Waals surface area contributed by atoms with Crippen LogP contribution in [0.2, 0.25) is 0 Å². The molecule has 2 aliphatic heterocycles. The number of hydrogen-bond donors (Lipinski definition) is 2. The summed E-state index contributed by atoms with van der Waals surface area (Å²) in [5.74, 6) is -2.86. The van der Waals surface area contributed by atoms with Crippen molar-refractivity contribution in [1.82, 2.24) is 0 Å². The van der Waals surface area contributed by atoms with Crippen molar-refractivity contribution in [3.63, 3.8) is 0 Å². The van der Waals surface area contributed by atoms with Gasteiger partial charge in [0, 0.05) is 11.3 Å². The monoisotopic (exact) mass is 230 g/mol. The number of esters is 1. The van der Waals surface area contributed by atoms with Gasteiger partial charge in [-0.2, -0.15) is 0 Å². The second-order valence-corrected chi connectivity index (χ2v) is 5.77. The van der Waals surface area contributed by atoms with E-state index >= 15 is 0 Å². The molecule has 92 valence electrons. The van der Waals surface area contributed by atoms with Crippen LogP contribution in [0, 0.1) is 11.3 Å². The van der Waals surface area contributed by atoms with Gasteiger partial charge in [-0.15, -0.1) is 0 Å². The first-order chi connectivity index (χ1) is 7.14. The number of carbonyl (C=O) groups is 1. The molecular formula is C11H18O5. The zero-order valence-electron chi connectivity index (χ0n) is 9.98. The lowest BCUT2D eigenvalue weighted by Gasteiger charge is -2.41. The van der Waals surface area contributed by atoms with E-state index in [2.05, 4.69) is 0 Å². The molecule has 0 amide bonds. The SMILES string of the molecule is CC1COC2(O)C1OC(=O)C2(O)C(C)(C)C. The summed E-state index contributed by atoms with van der Waals surface area (Å²) < 4.78 is 10.3. The number of carbonyl (C=O) groups excluding carboxylic acids is 1. The van der Waals surface area contributed by atoms with Crippen LogP contribution in [0.1, 0.15) is 27.7 Å². The third kappa shape index (κ3) is 1.08. The van der Waals surface area contributed by atoms with Crippen LogP contribution in [-0.2, 0) is 14.3 Å². The lowest BCUT2D eigenvalue weighted by molar-refractivity contribution is -0.287. The van der Waals surface area contributed by atoms with Crippen LogP contribution >= 0.6 is 0 Å². The molecule has 5 nitrogen and oxygen atoms in total. The molecule has 0 aromatic heterocycles. The van der Waals surface area contributed by atoms with Crippen molar-refractivity contribution >= 4 is 5.97 Å². The van der Waals surface area contributed by atoms with Crippen LogP contribution in [0.15, 0.2) is 0 Å². The summed E-state index contributed by atoms with van der Waals surface area (Å²) in [6.45, 7) is 7.08. The Bertz CT molecular complexity index is 334. The number of fused-ring (bicyclic) bond motifs is 1. The van der Waals surface area contributed by atoms with Gasteiger partial charge >= 0.3 is 5.97 Å². The molecule has 0 radical (unpaired) electrons. The van der Waals surface area contributed by atoms with E-state index in [-0.39, 0.29) is 12.5 Å². The highest BCUT2D eigenvalue weighted by Crippen LogP contribution is 2.52. The summed E-state index contributed by atoms with van der Waals surface area (Å²) in [5.41, 5.74) is -2.88. The summed E-state index contributed by atoms with van der Waals surface area (Å²) in [5, 5.41) is 20.9. The predicted molar refractivity (Wildman–Crippen MR) is 54.4 cm³/mol. The Kier molecular flexibility index (Phi) is 2.19. The minimum Gasteiger partial charge on any atom is -0.454 e. The van der Waals surface area contributed by atoms with Crippen molar-refractivity contribution in [3.8, 4) is 0 Å². The van der Waals surface area contributed by atoms with Gasteiger partial charge in [0.05, 0.1) is 6.61 Å². The third-order valence-electron chi connectivity index (χ3n) is 3.60. The maximum Gasteiger partial charge on any atom is 0.345 e. The second-order valence-electron chi connectivity index (χ2n) is 5.77. The third-order valence-corrected chi connectivity index (χ3v) is 3.60. The Hall–Kier alpha value is -0.650. The van der Waals surface area contributed by atoms with Crippen molar-refractivity contribution in [2.45, 2.75) is 45.2 Å². The van der Waals surface area contributed by atoms with Crippen molar-refractivity contribution < 1.29 is 24.5 Å². The maximum absolute atomic E-state index is 11.8. The lowest BCUT2D eigenvalue weighted by Crippen LogP contribution is -2.64. The number of aliphatic hydroxyl groups is 2. The smallest absolute Gasteiger partial charge is 0.345 e. The van der Waals surface area contributed by atoms with E-state index < -0.39 is 28.9 Å². The van der Waals surface area contributed by atoms with Gasteiger partial charge in [0.25, 0.3) is 0 Å². The van der Waals surface area contributed by atoms with Gasteiger partial charge in [-0.05, 0) is 0 Å². The molecule has 0 bridgehead atoms. The van der Waals surface area contributed by atoms with Crippen molar-refractivity contribution in [3.05, 3.63) is 0 Å². The average Bonchev–Trinajstić information content (AvgIpc) is 2.53. The fourth-order valence-electron chi connectivity index (χ4n) is 2.51. The van der Waals surface area contributed by atoms with E-state index in [4.69, 9.17) is 9.47 Å². The first kappa shape index (κ1) is 11.8. The highest BCUT2D eigenvalue weighted by atomic mass is 16.7. The zero-order chi connectivity index (χ0) is 12.4. The number of ether oxygens (including phenoxy) is 2. The van der Waals surface area contributed by atoms with Gasteiger partial charge in [-0.1, -0.05) is 27.7 Å². The first-order valence-corrected chi connectivity index (χ1v) is 5.44. The van der Waals surface area contributed by atoms with Crippen LogP contribution in [0.4, 0.5) is 0 Å². The van der Waals surface area contributed by atoms with Crippen LogP contribution in [-0.4, -0.2) is 40.3 Å². The predicted octanol–water partition coefficient (Wildman–Crippen LogP) is 0.0439. The summed E-state index contributed by atoms with van der Waals surface area (Å²) in [4.78, 5) is 11.8. The summed E-state index contributed by atoms with van der Waals surface area (Å²) in [6, 6.07) is 0. The molecule has 16 heavy (non-hydrogen) atoms. The van der Waals surface area contributed by atoms with Crippen LogP contribution in [0.3, 0.4) is 0 Å². The van der Waals surface area contributed by atoms with Crippen LogP contribution in [0.25, 0.3) is 0 Å². The van der Waals surface area contributed by atoms with E-state index in [1.807, 2.05) is 6.92 Å². The molecular weight excluding hydrogens is 212 g/mol. The van der Waals surface area contributed by atoms with Crippen molar-refractivity contribution in [1.29, 1.82) is 0 Å². The molecule has 2 N–H and O–H groups in total. The molecule has 0 aromatic rings. The van der Waals surface area contributed by atoms with Gasteiger partial charge in [-0.3, -0.25) is 0 Å². The zero-order valence-corrected chi connectivity index (χ0v) is 9.98. The Balaban J connectivity index is 2.51. The Morgan fingerprint density at radius 1 is 1.38 bits per heavy atom. The first-order valence-electron chi connectivity index (χ1n) is 5.44. The molecule has 2 rings (SSSR count). The molecule has 2 aliphatic rings. The molecule has 0 saturated carbocycles. The largest absolute Gasteiger partial charge is 0.454 e. The molecule has 0 spiro atoms. The molecule has 4 unspecified atom stereocenters. The highest BCUT2D eigenvalue weighted by molar-refractivity contribution is 5.85. The Labute approximate surface area is 94.4 Å². The maximum atomic E-state index is 11.8. The van der Waals surface area contributed by atoms with Gasteiger partial charge in [0.2, 0.25) is 11.4 Å². The van der Waals surface area contributed by atoms with Gasteiger partial charge in [0.1, 0.15) is 0 Å². The van der Waals surface area contributed by atoms with Gasteiger partial charge < -0.3 is 19.7 Å². The topological polar surface area (TPSA) is 76.0 Å². The Morgan fingerprint density at radius 2 is 1.94 bits per heavy atom. The van der Waals surface area contributed by atoms with Crippen molar-refractivity contribution in [2.75, 3.05) is 6.61 Å². The molecule has 5 heteroatoms. The van der Waals surface area contributed by atoms with E-state index in [0.717, 1.165) is 0 Å². The average molecular weight is 230 g/mol. The molecule has 2 fully saturated rings. The highest BCUT2D eigenvalue weighted by Gasteiger charge is 2.76. The lowest BCUT2D eigenvalue weighted by atomic mass is 9.70. The summed E-state index contributed by atoms with van der Waals surface area (Å²) in [7, 11) is 0. The molecule has 2 saturated heterocycles. The fraction of sp³-hybridized carbons (Fsp3) is 0.909. The minimum absolute atomic E-state index is 0.120. The normalized spacial score (nSPS) is 48.0. The fourth-order valence-corrected chi connectivity index (χ4v) is 2.51. The Morgan fingerprint density at radius 3 is 2.44 bits per heavy atom. The molecule has 0 aromatic carbocycles. The van der Waals surface area contributed by atoms with E-state index in [1.165, 1.54) is 0 Å². The van der Waals surface area contributed by atoms with Gasteiger partial charge in [0.15, 0.2) is 6.10 Å². The minimum atomic E-state index is -2.02. The summed E-state index contributed by atoms with van der Waals surface area (Å²) in [6.07, 6.45) is -0.788. The number of hydrogen-bond acceptors (Lipinski definition) is 5. The van der Waals surface area contributed by atoms with E-state index in [9.17, 15) is 15.0 Å². The second kappa shape index (κ2) is 2.97. The molecule has 2 heterocycles.